The van der Waals surface area contributed by atoms with E-state index in [2.05, 4.69) is 21.6 Å². The summed E-state index contributed by atoms with van der Waals surface area (Å²) in [6, 6.07) is 3.80. The molecule has 2 amide bonds. The normalized spacial score (nSPS) is 16.8. The first-order valence-electron chi connectivity index (χ1n) is 9.90. The van der Waals surface area contributed by atoms with Crippen LogP contribution in [0.2, 0.25) is 0 Å². The van der Waals surface area contributed by atoms with Crippen molar-refractivity contribution in [3.8, 4) is 10.7 Å². The Kier molecular flexibility index (Phi) is 5.54. The number of urea groups is 1. The molecule has 0 bridgehead atoms. The molecule has 0 aromatic carbocycles. The molecule has 4 rings (SSSR count). The van der Waals surface area contributed by atoms with Crippen molar-refractivity contribution in [3.63, 3.8) is 0 Å². The Bertz CT molecular complexity index is 858. The Hall–Kier alpha value is -2.10. The van der Waals surface area contributed by atoms with Crippen LogP contribution in [0.15, 0.2) is 16.7 Å². The summed E-state index contributed by atoms with van der Waals surface area (Å²) in [7, 11) is 0. The highest BCUT2D eigenvalue weighted by atomic mass is 32.1. The van der Waals surface area contributed by atoms with Crippen LogP contribution in [0.1, 0.15) is 49.8 Å². The maximum atomic E-state index is 13.2. The summed E-state index contributed by atoms with van der Waals surface area (Å²) in [5.74, 6) is -0.812. The molecule has 0 radical (unpaired) electrons. The van der Waals surface area contributed by atoms with Gasteiger partial charge in [-0.1, -0.05) is 12.1 Å². The van der Waals surface area contributed by atoms with Crippen molar-refractivity contribution in [1.82, 2.24) is 19.9 Å². The molecule has 0 unspecified atom stereocenters. The Balaban J connectivity index is 1.46. The molecular formula is C19H23F3N4O2S. The zero-order valence-electron chi connectivity index (χ0n) is 16.1. The van der Waals surface area contributed by atoms with E-state index >= 15 is 0 Å². The van der Waals surface area contributed by atoms with Crippen LogP contribution in [0.5, 0.6) is 0 Å². The zero-order valence-corrected chi connectivity index (χ0v) is 16.9. The lowest BCUT2D eigenvalue weighted by Gasteiger charge is -2.30. The van der Waals surface area contributed by atoms with Crippen molar-refractivity contribution in [2.45, 2.75) is 57.8 Å². The van der Waals surface area contributed by atoms with Crippen LogP contribution < -0.4 is 0 Å². The third-order valence-electron chi connectivity index (χ3n) is 5.05. The number of nitrogens with zero attached hydrogens (tertiary/aromatic N) is 4. The fourth-order valence-corrected chi connectivity index (χ4v) is 4.19. The van der Waals surface area contributed by atoms with E-state index in [4.69, 9.17) is 0 Å². The van der Waals surface area contributed by atoms with Gasteiger partial charge in [-0.3, -0.25) is 0 Å². The SMILES string of the molecule is CCCN(CC1CC1)C(=O)N(Cc1ccc(-c2noc(C(F)(F)F)n2)s1)C1CC1. The summed E-state index contributed by atoms with van der Waals surface area (Å²) in [5, 5.41) is 3.44. The lowest BCUT2D eigenvalue weighted by molar-refractivity contribution is -0.159. The van der Waals surface area contributed by atoms with Crippen molar-refractivity contribution < 1.29 is 22.5 Å². The molecule has 2 aliphatic rings. The van der Waals surface area contributed by atoms with Crippen LogP contribution in [0.25, 0.3) is 10.7 Å². The number of carbonyl (C=O) groups is 1. The lowest BCUT2D eigenvalue weighted by atomic mass is 10.3. The summed E-state index contributed by atoms with van der Waals surface area (Å²) < 4.78 is 42.3. The van der Waals surface area contributed by atoms with Gasteiger partial charge in [-0.05, 0) is 50.2 Å². The second-order valence-electron chi connectivity index (χ2n) is 7.72. The molecular weight excluding hydrogens is 405 g/mol. The molecule has 2 heterocycles. The number of carbonyl (C=O) groups excluding carboxylic acids is 1. The summed E-state index contributed by atoms with van der Waals surface area (Å²) in [4.78, 5) is 21.8. The van der Waals surface area contributed by atoms with Crippen molar-refractivity contribution in [3.05, 3.63) is 22.9 Å². The van der Waals surface area contributed by atoms with Crippen molar-refractivity contribution >= 4 is 17.4 Å². The topological polar surface area (TPSA) is 62.5 Å². The Labute approximate surface area is 170 Å². The predicted octanol–water partition coefficient (Wildman–Crippen LogP) is 5.02. The van der Waals surface area contributed by atoms with Gasteiger partial charge in [-0.15, -0.1) is 11.3 Å². The van der Waals surface area contributed by atoms with Gasteiger partial charge in [0.1, 0.15) is 0 Å². The van der Waals surface area contributed by atoms with E-state index in [0.717, 1.165) is 37.2 Å². The van der Waals surface area contributed by atoms with Gasteiger partial charge in [-0.25, -0.2) is 4.79 Å². The molecule has 0 saturated heterocycles. The molecule has 0 N–H and O–H groups in total. The highest BCUT2D eigenvalue weighted by Gasteiger charge is 2.39. The van der Waals surface area contributed by atoms with Crippen LogP contribution in [0.4, 0.5) is 18.0 Å². The first-order chi connectivity index (χ1) is 13.8. The molecule has 6 nitrogen and oxygen atoms in total. The first kappa shape index (κ1) is 20.2. The van der Waals surface area contributed by atoms with Crippen LogP contribution in [-0.2, 0) is 12.7 Å². The number of rotatable bonds is 8. The second-order valence-corrected chi connectivity index (χ2v) is 8.89. The van der Waals surface area contributed by atoms with Crippen LogP contribution >= 0.6 is 11.3 Å². The van der Waals surface area contributed by atoms with Gasteiger partial charge in [0.25, 0.3) is 0 Å². The lowest BCUT2D eigenvalue weighted by Crippen LogP contribution is -2.45. The van der Waals surface area contributed by atoms with Gasteiger partial charge in [0.2, 0.25) is 5.82 Å². The third kappa shape index (κ3) is 4.91. The zero-order chi connectivity index (χ0) is 20.6. The monoisotopic (exact) mass is 428 g/mol. The fraction of sp³-hybridized carbons (Fsp3) is 0.632. The number of thiophene rings is 1. The molecule has 0 aliphatic heterocycles. The first-order valence-corrected chi connectivity index (χ1v) is 10.7. The molecule has 29 heavy (non-hydrogen) atoms. The number of amides is 2. The van der Waals surface area contributed by atoms with E-state index in [9.17, 15) is 18.0 Å². The number of aromatic nitrogens is 2. The molecule has 2 aliphatic carbocycles. The van der Waals surface area contributed by atoms with Crippen LogP contribution in [0, 0.1) is 5.92 Å². The van der Waals surface area contributed by atoms with Gasteiger partial charge in [0.05, 0.1) is 11.4 Å². The Morgan fingerprint density at radius 1 is 1.28 bits per heavy atom. The van der Waals surface area contributed by atoms with Crippen molar-refractivity contribution in [1.29, 1.82) is 0 Å². The Morgan fingerprint density at radius 3 is 2.62 bits per heavy atom. The molecule has 10 heteroatoms. The third-order valence-corrected chi connectivity index (χ3v) is 6.12. The van der Waals surface area contributed by atoms with E-state index in [0.29, 0.717) is 17.3 Å². The molecule has 0 spiro atoms. The maximum Gasteiger partial charge on any atom is 0.471 e. The van der Waals surface area contributed by atoms with E-state index in [1.165, 1.54) is 24.2 Å². The quantitative estimate of drug-likeness (QED) is 0.592. The minimum absolute atomic E-state index is 0.0649. The number of hydrogen-bond donors (Lipinski definition) is 0. The number of halogens is 3. The fourth-order valence-electron chi connectivity index (χ4n) is 3.26. The molecule has 158 valence electrons. The summed E-state index contributed by atoms with van der Waals surface area (Å²) in [6.07, 6.45) is 0.621. The summed E-state index contributed by atoms with van der Waals surface area (Å²) in [6.45, 7) is 4.08. The van der Waals surface area contributed by atoms with Crippen LogP contribution in [0.3, 0.4) is 0 Å². The van der Waals surface area contributed by atoms with Gasteiger partial charge in [0.15, 0.2) is 0 Å². The number of alkyl halides is 3. The molecule has 2 aromatic heterocycles. The van der Waals surface area contributed by atoms with E-state index in [1.54, 1.807) is 6.07 Å². The van der Waals surface area contributed by atoms with Gasteiger partial charge in [0, 0.05) is 24.0 Å². The van der Waals surface area contributed by atoms with E-state index in [1.807, 2.05) is 15.9 Å². The standard InChI is InChI=1S/C19H23F3N4O2S/c1-2-9-25(10-12-3-4-12)18(27)26(13-5-6-13)11-14-7-8-15(29-14)16-23-17(28-24-16)19(20,21)22/h7-8,12-13H,2-6,9-11H2,1H3. The average molecular weight is 428 g/mol. The largest absolute Gasteiger partial charge is 0.471 e. The Morgan fingerprint density at radius 2 is 2.03 bits per heavy atom. The number of hydrogen-bond acceptors (Lipinski definition) is 5. The molecule has 2 fully saturated rings. The average Bonchev–Trinajstić information content (AvgIpc) is 3.57. The molecule has 0 atom stereocenters. The second kappa shape index (κ2) is 7.97. The molecule has 2 aromatic rings. The van der Waals surface area contributed by atoms with E-state index in [-0.39, 0.29) is 17.9 Å². The highest BCUT2D eigenvalue weighted by Crippen LogP contribution is 2.35. The van der Waals surface area contributed by atoms with Gasteiger partial charge in [-0.2, -0.15) is 18.2 Å². The maximum absolute atomic E-state index is 13.2. The minimum atomic E-state index is -4.66. The minimum Gasteiger partial charge on any atom is -0.329 e. The highest BCUT2D eigenvalue weighted by molar-refractivity contribution is 7.15. The van der Waals surface area contributed by atoms with Gasteiger partial charge < -0.3 is 14.3 Å². The summed E-state index contributed by atoms with van der Waals surface area (Å²) >= 11 is 1.29. The predicted molar refractivity (Wildman–Crippen MR) is 101 cm³/mol. The van der Waals surface area contributed by atoms with Gasteiger partial charge >= 0.3 is 18.1 Å². The summed E-state index contributed by atoms with van der Waals surface area (Å²) in [5.41, 5.74) is 0. The van der Waals surface area contributed by atoms with Crippen LogP contribution in [-0.4, -0.2) is 45.1 Å². The molecule has 2 saturated carbocycles. The smallest absolute Gasteiger partial charge is 0.329 e. The van der Waals surface area contributed by atoms with Crippen molar-refractivity contribution in [2.24, 2.45) is 5.92 Å². The van der Waals surface area contributed by atoms with Crippen molar-refractivity contribution in [2.75, 3.05) is 13.1 Å². The van der Waals surface area contributed by atoms with E-state index < -0.39 is 12.1 Å².